The Labute approximate surface area is 160 Å². The molecule has 5 nitrogen and oxygen atoms in total. The minimum Gasteiger partial charge on any atom is -0.326 e. The number of halogens is 1. The van der Waals surface area contributed by atoms with E-state index in [1.165, 1.54) is 4.90 Å². The van der Waals surface area contributed by atoms with Crippen LogP contribution in [0.3, 0.4) is 0 Å². The lowest BCUT2D eigenvalue weighted by Crippen LogP contribution is -2.31. The molecule has 0 atom stereocenters. The Morgan fingerprint density at radius 3 is 2.54 bits per heavy atom. The maximum absolute atomic E-state index is 12.4. The van der Waals surface area contributed by atoms with Gasteiger partial charge in [0.1, 0.15) is 0 Å². The first-order valence-corrected chi connectivity index (χ1v) is 9.19. The summed E-state index contributed by atoms with van der Waals surface area (Å²) in [7, 11) is 0. The fourth-order valence-corrected chi connectivity index (χ4v) is 3.31. The molecule has 26 heavy (non-hydrogen) atoms. The highest BCUT2D eigenvalue weighted by Crippen LogP contribution is 2.24. The molecule has 0 radical (unpaired) electrons. The minimum absolute atomic E-state index is 0.140. The SMILES string of the molecule is Cc1ccc2c(c1)C(=O)N(CCCC(=O)Nc1cc(Br)ccc1C)C2=O. The van der Waals surface area contributed by atoms with Gasteiger partial charge in [-0.2, -0.15) is 0 Å². The van der Waals surface area contributed by atoms with Crippen molar-refractivity contribution in [2.24, 2.45) is 0 Å². The Bertz CT molecular complexity index is 908. The van der Waals surface area contributed by atoms with Crippen molar-refractivity contribution in [3.63, 3.8) is 0 Å². The summed E-state index contributed by atoms with van der Waals surface area (Å²) in [4.78, 5) is 38.2. The lowest BCUT2D eigenvalue weighted by atomic mass is 10.1. The van der Waals surface area contributed by atoms with Crippen molar-refractivity contribution >= 4 is 39.3 Å². The Morgan fingerprint density at radius 1 is 1.04 bits per heavy atom. The number of amides is 3. The highest BCUT2D eigenvalue weighted by Gasteiger charge is 2.34. The molecule has 0 spiro atoms. The molecule has 0 saturated carbocycles. The number of carbonyl (C=O) groups is 3. The van der Waals surface area contributed by atoms with E-state index in [1.54, 1.807) is 12.1 Å². The van der Waals surface area contributed by atoms with E-state index in [2.05, 4.69) is 21.2 Å². The second-order valence-electron chi connectivity index (χ2n) is 6.42. The summed E-state index contributed by atoms with van der Waals surface area (Å²) in [5.41, 5.74) is 3.55. The van der Waals surface area contributed by atoms with Gasteiger partial charge in [-0.05, 0) is 50.1 Å². The molecule has 6 heteroatoms. The third-order valence-corrected chi connectivity index (χ3v) is 4.88. The second-order valence-corrected chi connectivity index (χ2v) is 7.34. The van der Waals surface area contributed by atoms with E-state index in [1.807, 2.05) is 38.1 Å². The van der Waals surface area contributed by atoms with E-state index in [4.69, 9.17) is 0 Å². The zero-order valence-corrected chi connectivity index (χ0v) is 16.2. The standard InChI is InChI=1S/C20H19BrN2O3/c1-12-5-8-15-16(10-12)20(26)23(19(15)25)9-3-4-18(24)22-17-11-14(21)7-6-13(17)2/h5-8,10-11H,3-4,9H2,1-2H3,(H,22,24). The fourth-order valence-electron chi connectivity index (χ4n) is 2.95. The summed E-state index contributed by atoms with van der Waals surface area (Å²) in [5.74, 6) is -0.705. The molecule has 1 aliphatic heterocycles. The average Bonchev–Trinajstić information content (AvgIpc) is 2.82. The molecule has 0 fully saturated rings. The molecule has 0 unspecified atom stereocenters. The fraction of sp³-hybridized carbons (Fsp3) is 0.250. The molecule has 0 aromatic heterocycles. The van der Waals surface area contributed by atoms with Crippen molar-refractivity contribution in [2.45, 2.75) is 26.7 Å². The van der Waals surface area contributed by atoms with Crippen LogP contribution in [0.2, 0.25) is 0 Å². The largest absolute Gasteiger partial charge is 0.326 e. The van der Waals surface area contributed by atoms with Crippen LogP contribution in [0.15, 0.2) is 40.9 Å². The van der Waals surface area contributed by atoms with Gasteiger partial charge in [0.25, 0.3) is 11.8 Å². The van der Waals surface area contributed by atoms with Gasteiger partial charge in [0, 0.05) is 23.1 Å². The molecule has 1 N–H and O–H groups in total. The topological polar surface area (TPSA) is 66.5 Å². The highest BCUT2D eigenvalue weighted by atomic mass is 79.9. The van der Waals surface area contributed by atoms with Crippen LogP contribution in [0, 0.1) is 13.8 Å². The van der Waals surface area contributed by atoms with Gasteiger partial charge in [0.05, 0.1) is 11.1 Å². The Kier molecular flexibility index (Phi) is 5.23. The lowest BCUT2D eigenvalue weighted by Gasteiger charge is -2.14. The first-order valence-electron chi connectivity index (χ1n) is 8.39. The predicted octanol–water partition coefficient (Wildman–Crippen LogP) is 4.08. The van der Waals surface area contributed by atoms with Gasteiger partial charge in [-0.1, -0.05) is 33.6 Å². The molecule has 3 amide bonds. The van der Waals surface area contributed by atoms with Crippen LogP contribution in [0.25, 0.3) is 0 Å². The molecule has 2 aromatic carbocycles. The molecule has 0 bridgehead atoms. The number of benzene rings is 2. The van der Waals surface area contributed by atoms with E-state index < -0.39 is 0 Å². The van der Waals surface area contributed by atoms with Crippen molar-refractivity contribution < 1.29 is 14.4 Å². The number of imide groups is 1. The molecular formula is C20H19BrN2O3. The normalized spacial score (nSPS) is 13.1. The number of rotatable bonds is 5. The molecular weight excluding hydrogens is 396 g/mol. The van der Waals surface area contributed by atoms with Crippen LogP contribution in [0.1, 0.15) is 44.7 Å². The summed E-state index contributed by atoms with van der Waals surface area (Å²) < 4.78 is 0.889. The number of nitrogens with zero attached hydrogens (tertiary/aromatic N) is 1. The van der Waals surface area contributed by atoms with Crippen LogP contribution in [-0.4, -0.2) is 29.2 Å². The summed E-state index contributed by atoms with van der Waals surface area (Å²) in [5, 5.41) is 2.87. The van der Waals surface area contributed by atoms with Gasteiger partial charge in [0.15, 0.2) is 0 Å². The van der Waals surface area contributed by atoms with E-state index >= 15 is 0 Å². The number of carbonyl (C=O) groups excluding carboxylic acids is 3. The van der Waals surface area contributed by atoms with Gasteiger partial charge in [0.2, 0.25) is 5.91 Å². The van der Waals surface area contributed by atoms with Crippen molar-refractivity contribution in [3.05, 3.63) is 63.1 Å². The lowest BCUT2D eigenvalue weighted by molar-refractivity contribution is -0.116. The zero-order valence-electron chi connectivity index (χ0n) is 14.6. The van der Waals surface area contributed by atoms with Gasteiger partial charge in [-0.3, -0.25) is 19.3 Å². The maximum atomic E-state index is 12.4. The van der Waals surface area contributed by atoms with E-state index in [0.29, 0.717) is 17.5 Å². The number of anilines is 1. The third kappa shape index (κ3) is 3.70. The number of hydrogen-bond donors (Lipinski definition) is 1. The number of nitrogens with one attached hydrogen (secondary N) is 1. The third-order valence-electron chi connectivity index (χ3n) is 4.39. The molecule has 2 aromatic rings. The van der Waals surface area contributed by atoms with Gasteiger partial charge in [-0.15, -0.1) is 0 Å². The highest BCUT2D eigenvalue weighted by molar-refractivity contribution is 9.10. The molecule has 0 aliphatic carbocycles. The smallest absolute Gasteiger partial charge is 0.261 e. The van der Waals surface area contributed by atoms with Gasteiger partial charge in [-0.25, -0.2) is 0 Å². The van der Waals surface area contributed by atoms with E-state index in [-0.39, 0.29) is 30.7 Å². The molecule has 3 rings (SSSR count). The van der Waals surface area contributed by atoms with Crippen LogP contribution in [-0.2, 0) is 4.79 Å². The number of fused-ring (bicyclic) bond motifs is 1. The quantitative estimate of drug-likeness (QED) is 0.749. The van der Waals surface area contributed by atoms with Crippen molar-refractivity contribution in [3.8, 4) is 0 Å². The summed E-state index contributed by atoms with van der Waals surface area (Å²) in [6.07, 6.45) is 0.654. The minimum atomic E-state index is -0.284. The summed E-state index contributed by atoms with van der Waals surface area (Å²) >= 11 is 3.38. The number of aryl methyl sites for hydroxylation is 2. The van der Waals surface area contributed by atoms with Crippen LogP contribution in [0.4, 0.5) is 5.69 Å². The van der Waals surface area contributed by atoms with Crippen molar-refractivity contribution in [2.75, 3.05) is 11.9 Å². The Balaban J connectivity index is 1.57. The summed E-state index contributed by atoms with van der Waals surface area (Å²) in [6, 6.07) is 10.9. The van der Waals surface area contributed by atoms with Crippen LogP contribution >= 0.6 is 15.9 Å². The van der Waals surface area contributed by atoms with Crippen molar-refractivity contribution in [1.29, 1.82) is 0 Å². The Hall–Kier alpha value is -2.47. The van der Waals surface area contributed by atoms with Crippen LogP contribution < -0.4 is 5.32 Å². The molecule has 1 aliphatic rings. The predicted molar refractivity (Wildman–Crippen MR) is 103 cm³/mol. The molecule has 134 valence electrons. The maximum Gasteiger partial charge on any atom is 0.261 e. The first kappa shape index (κ1) is 18.3. The monoisotopic (exact) mass is 414 g/mol. The Morgan fingerprint density at radius 2 is 1.77 bits per heavy atom. The zero-order chi connectivity index (χ0) is 18.8. The summed E-state index contributed by atoms with van der Waals surface area (Å²) in [6.45, 7) is 4.04. The van der Waals surface area contributed by atoms with Gasteiger partial charge >= 0.3 is 0 Å². The number of hydrogen-bond acceptors (Lipinski definition) is 3. The first-order chi connectivity index (χ1) is 12.4. The van der Waals surface area contributed by atoms with E-state index in [0.717, 1.165) is 21.3 Å². The van der Waals surface area contributed by atoms with Crippen LogP contribution in [0.5, 0.6) is 0 Å². The average molecular weight is 415 g/mol. The van der Waals surface area contributed by atoms with Crippen molar-refractivity contribution in [1.82, 2.24) is 4.90 Å². The molecule has 0 saturated heterocycles. The van der Waals surface area contributed by atoms with Gasteiger partial charge < -0.3 is 5.32 Å². The van der Waals surface area contributed by atoms with E-state index in [9.17, 15) is 14.4 Å². The molecule has 1 heterocycles. The second kappa shape index (κ2) is 7.41.